The molecule has 2 rings (SSSR count). The Morgan fingerprint density at radius 2 is 2.14 bits per heavy atom. The van der Waals surface area contributed by atoms with Gasteiger partial charge in [-0.15, -0.1) is 0 Å². The molecular weight excluding hydrogens is 277 g/mol. The van der Waals surface area contributed by atoms with Gasteiger partial charge in [-0.1, -0.05) is 6.07 Å². The van der Waals surface area contributed by atoms with E-state index in [9.17, 15) is 9.18 Å². The first kappa shape index (κ1) is 14.8. The lowest BCUT2D eigenvalue weighted by Gasteiger charge is -2.11. The highest BCUT2D eigenvalue weighted by Crippen LogP contribution is 2.24. The van der Waals surface area contributed by atoms with E-state index in [0.717, 1.165) is 11.8 Å². The number of halogens is 1. The third-order valence-electron chi connectivity index (χ3n) is 2.78. The highest BCUT2D eigenvalue weighted by atomic mass is 19.1. The lowest BCUT2D eigenvalue weighted by Crippen LogP contribution is -2.06. The van der Waals surface area contributed by atoms with Gasteiger partial charge >= 0.3 is 5.97 Å². The molecule has 0 atom stereocenters. The normalized spacial score (nSPS) is 10.2. The maximum atomic E-state index is 13.7. The largest absolute Gasteiger partial charge is 0.497 e. The molecule has 110 valence electrons. The zero-order valence-electron chi connectivity index (χ0n) is 11.6. The molecule has 0 saturated carbocycles. The van der Waals surface area contributed by atoms with Gasteiger partial charge in [0.25, 0.3) is 0 Å². The number of ether oxygens (including phenoxy) is 2. The van der Waals surface area contributed by atoms with Crippen LogP contribution in [0, 0.1) is 12.7 Å². The minimum absolute atomic E-state index is 0.0563. The maximum Gasteiger partial charge on any atom is 0.339 e. The number of pyridine rings is 1. The van der Waals surface area contributed by atoms with Gasteiger partial charge < -0.3 is 14.6 Å². The molecule has 0 aliphatic carbocycles. The number of aromatic carboxylic acids is 1. The molecule has 1 heterocycles. The van der Waals surface area contributed by atoms with Gasteiger partial charge in [-0.2, -0.15) is 0 Å². The average molecular weight is 291 g/mol. The predicted molar refractivity (Wildman–Crippen MR) is 73.2 cm³/mol. The van der Waals surface area contributed by atoms with Crippen LogP contribution in [-0.4, -0.2) is 23.2 Å². The number of hydrogen-bond donors (Lipinski definition) is 1. The molecule has 0 bridgehead atoms. The molecule has 2 aromatic rings. The minimum Gasteiger partial charge on any atom is -0.497 e. The fraction of sp³-hybridized carbons (Fsp3) is 0.200. The summed E-state index contributed by atoms with van der Waals surface area (Å²) in [6.45, 7) is 1.73. The number of carboxylic acid groups (broad SMARTS) is 1. The van der Waals surface area contributed by atoms with Gasteiger partial charge in [-0.05, 0) is 19.1 Å². The molecule has 0 fully saturated rings. The summed E-state index contributed by atoms with van der Waals surface area (Å²) >= 11 is 0. The second kappa shape index (κ2) is 6.21. The molecule has 0 saturated heterocycles. The maximum absolute atomic E-state index is 13.7. The van der Waals surface area contributed by atoms with Crippen molar-refractivity contribution >= 4 is 5.97 Å². The molecule has 0 amide bonds. The van der Waals surface area contributed by atoms with E-state index in [2.05, 4.69) is 4.98 Å². The molecule has 0 unspecified atom stereocenters. The van der Waals surface area contributed by atoms with Crippen LogP contribution in [0.3, 0.4) is 0 Å². The van der Waals surface area contributed by atoms with Crippen molar-refractivity contribution in [2.45, 2.75) is 13.5 Å². The average Bonchev–Trinajstić information content (AvgIpc) is 2.45. The van der Waals surface area contributed by atoms with Crippen LogP contribution >= 0.6 is 0 Å². The highest BCUT2D eigenvalue weighted by Gasteiger charge is 2.16. The Bertz CT molecular complexity index is 673. The first-order chi connectivity index (χ1) is 10.0. The Balaban J connectivity index is 2.24. The monoisotopic (exact) mass is 291 g/mol. The number of carbonyl (C=O) groups is 1. The third kappa shape index (κ3) is 3.47. The SMILES string of the molecule is COc1cc(C)nc(COc2c(F)cccc2C(=O)O)c1. The quantitative estimate of drug-likeness (QED) is 0.917. The Hall–Kier alpha value is -2.63. The van der Waals surface area contributed by atoms with Crippen molar-refractivity contribution in [2.24, 2.45) is 0 Å². The summed E-state index contributed by atoms with van der Waals surface area (Å²) in [6.07, 6.45) is 0. The number of hydrogen-bond acceptors (Lipinski definition) is 4. The summed E-state index contributed by atoms with van der Waals surface area (Å²) in [6, 6.07) is 7.14. The lowest BCUT2D eigenvalue weighted by atomic mass is 10.2. The third-order valence-corrected chi connectivity index (χ3v) is 2.78. The van der Waals surface area contributed by atoms with Crippen LogP contribution in [-0.2, 0) is 6.61 Å². The lowest BCUT2D eigenvalue weighted by molar-refractivity contribution is 0.0690. The smallest absolute Gasteiger partial charge is 0.339 e. The van der Waals surface area contributed by atoms with Crippen LogP contribution in [0.15, 0.2) is 30.3 Å². The van der Waals surface area contributed by atoms with E-state index in [1.54, 1.807) is 19.1 Å². The Morgan fingerprint density at radius 3 is 2.81 bits per heavy atom. The van der Waals surface area contributed by atoms with Gasteiger partial charge in [0.2, 0.25) is 0 Å². The van der Waals surface area contributed by atoms with Gasteiger partial charge in [0.15, 0.2) is 11.6 Å². The van der Waals surface area contributed by atoms with E-state index in [1.165, 1.54) is 19.2 Å². The van der Waals surface area contributed by atoms with Gasteiger partial charge in [0.1, 0.15) is 17.9 Å². The van der Waals surface area contributed by atoms with Crippen LogP contribution in [0.4, 0.5) is 4.39 Å². The summed E-state index contributed by atoms with van der Waals surface area (Å²) in [4.78, 5) is 15.3. The topological polar surface area (TPSA) is 68.7 Å². The first-order valence-electron chi connectivity index (χ1n) is 6.17. The van der Waals surface area contributed by atoms with E-state index in [0.29, 0.717) is 11.4 Å². The van der Waals surface area contributed by atoms with Crippen LogP contribution < -0.4 is 9.47 Å². The predicted octanol–water partition coefficient (Wildman–Crippen LogP) is 2.81. The van der Waals surface area contributed by atoms with Crippen molar-refractivity contribution in [1.29, 1.82) is 0 Å². The van der Waals surface area contributed by atoms with E-state index < -0.39 is 11.8 Å². The molecule has 0 spiro atoms. The number of aromatic nitrogens is 1. The molecule has 6 heteroatoms. The van der Waals surface area contributed by atoms with E-state index in [1.807, 2.05) is 0 Å². The van der Waals surface area contributed by atoms with Crippen LogP contribution in [0.25, 0.3) is 0 Å². The van der Waals surface area contributed by atoms with E-state index in [4.69, 9.17) is 14.6 Å². The minimum atomic E-state index is -1.25. The number of para-hydroxylation sites is 1. The summed E-state index contributed by atoms with van der Waals surface area (Å²) in [5.74, 6) is -1.67. The number of nitrogens with zero attached hydrogens (tertiary/aromatic N) is 1. The number of rotatable bonds is 5. The van der Waals surface area contributed by atoms with Crippen molar-refractivity contribution in [3.63, 3.8) is 0 Å². The number of carboxylic acids is 1. The van der Waals surface area contributed by atoms with Gasteiger partial charge in [-0.25, -0.2) is 9.18 Å². The zero-order valence-corrected chi connectivity index (χ0v) is 11.6. The van der Waals surface area contributed by atoms with Gasteiger partial charge in [0.05, 0.1) is 12.8 Å². The van der Waals surface area contributed by atoms with Crippen molar-refractivity contribution in [2.75, 3.05) is 7.11 Å². The molecule has 1 N–H and O–H groups in total. The second-order valence-corrected chi connectivity index (χ2v) is 4.35. The van der Waals surface area contributed by atoms with Crippen molar-refractivity contribution < 1.29 is 23.8 Å². The van der Waals surface area contributed by atoms with Crippen molar-refractivity contribution in [3.8, 4) is 11.5 Å². The summed E-state index contributed by atoms with van der Waals surface area (Å²) < 4.78 is 24.1. The van der Waals surface area contributed by atoms with Crippen molar-refractivity contribution in [3.05, 3.63) is 53.1 Å². The number of aryl methyl sites for hydroxylation is 1. The van der Waals surface area contributed by atoms with Gasteiger partial charge in [-0.3, -0.25) is 4.98 Å². The van der Waals surface area contributed by atoms with Crippen LogP contribution in [0.2, 0.25) is 0 Å². The van der Waals surface area contributed by atoms with Crippen LogP contribution in [0.1, 0.15) is 21.7 Å². The standard InChI is InChI=1S/C15H14FNO4/c1-9-6-11(20-2)7-10(17-9)8-21-14-12(15(18)19)4-3-5-13(14)16/h3-7H,8H2,1-2H3,(H,18,19). The molecule has 0 radical (unpaired) electrons. The molecule has 0 aliphatic rings. The molecule has 0 aliphatic heterocycles. The summed E-state index contributed by atoms with van der Waals surface area (Å²) in [5, 5.41) is 9.03. The molecular formula is C15H14FNO4. The van der Waals surface area contributed by atoms with Gasteiger partial charge in [0, 0.05) is 17.8 Å². The highest BCUT2D eigenvalue weighted by molar-refractivity contribution is 5.90. The summed E-state index contributed by atoms with van der Waals surface area (Å²) in [5.41, 5.74) is 1.01. The zero-order chi connectivity index (χ0) is 15.4. The molecule has 1 aromatic heterocycles. The Labute approximate surface area is 121 Å². The number of methoxy groups -OCH3 is 1. The molecule has 5 nitrogen and oxygen atoms in total. The second-order valence-electron chi connectivity index (χ2n) is 4.35. The fourth-order valence-electron chi connectivity index (χ4n) is 1.86. The fourth-order valence-corrected chi connectivity index (χ4v) is 1.86. The van der Waals surface area contributed by atoms with Crippen LogP contribution in [0.5, 0.6) is 11.5 Å². The van der Waals surface area contributed by atoms with Crippen molar-refractivity contribution in [1.82, 2.24) is 4.98 Å². The van der Waals surface area contributed by atoms with E-state index >= 15 is 0 Å². The molecule has 1 aromatic carbocycles. The Morgan fingerprint density at radius 1 is 1.38 bits per heavy atom. The van der Waals surface area contributed by atoms with E-state index in [-0.39, 0.29) is 17.9 Å². The first-order valence-corrected chi connectivity index (χ1v) is 6.17. The molecule has 21 heavy (non-hydrogen) atoms. The Kier molecular flexibility index (Phi) is 4.37. The number of benzene rings is 1. The summed E-state index contributed by atoms with van der Waals surface area (Å²) in [7, 11) is 1.53.